The Hall–Kier alpha value is -0.910. The van der Waals surface area contributed by atoms with Crippen LogP contribution < -0.4 is 5.32 Å². The molecule has 1 fully saturated rings. The molecule has 3 rings (SSSR count). The van der Waals surface area contributed by atoms with Crippen molar-refractivity contribution in [2.24, 2.45) is 0 Å². The summed E-state index contributed by atoms with van der Waals surface area (Å²) in [4.78, 5) is 15.8. The number of piperidine rings is 1. The van der Waals surface area contributed by atoms with Crippen molar-refractivity contribution in [2.45, 2.75) is 31.7 Å². The molecule has 1 atom stereocenters. The minimum absolute atomic E-state index is 0.235. The molecule has 0 radical (unpaired) electrons. The van der Waals surface area contributed by atoms with Gasteiger partial charge in [0.1, 0.15) is 0 Å². The number of amides is 1. The van der Waals surface area contributed by atoms with Gasteiger partial charge in [0, 0.05) is 22.0 Å². The van der Waals surface area contributed by atoms with Crippen molar-refractivity contribution in [3.8, 4) is 0 Å². The van der Waals surface area contributed by atoms with Gasteiger partial charge in [-0.3, -0.25) is 4.79 Å². The van der Waals surface area contributed by atoms with E-state index in [0.717, 1.165) is 37.2 Å². The van der Waals surface area contributed by atoms with Gasteiger partial charge < -0.3 is 10.2 Å². The molecule has 0 saturated carbocycles. The Kier molecular flexibility index (Phi) is 4.38. The largest absolute Gasteiger partial charge is 0.335 e. The topological polar surface area (TPSA) is 32.3 Å². The Labute approximate surface area is 127 Å². The normalized spacial score (nSPS) is 19.6. The molecule has 1 unspecified atom stereocenters. The van der Waals surface area contributed by atoms with E-state index in [0.29, 0.717) is 6.04 Å². The van der Waals surface area contributed by atoms with Crippen LogP contribution in [0, 0.1) is 0 Å². The SMILES string of the molecule is CNCCC1CCCCN1C(=O)c1cc2sccc2s1. The predicted molar refractivity (Wildman–Crippen MR) is 86.9 cm³/mol. The summed E-state index contributed by atoms with van der Waals surface area (Å²) in [5.74, 6) is 0.235. The molecule has 3 nitrogen and oxygen atoms in total. The van der Waals surface area contributed by atoms with Crippen LogP contribution in [0.3, 0.4) is 0 Å². The van der Waals surface area contributed by atoms with Gasteiger partial charge in [-0.25, -0.2) is 0 Å². The van der Waals surface area contributed by atoms with Crippen molar-refractivity contribution in [3.05, 3.63) is 22.4 Å². The molecule has 0 aliphatic carbocycles. The van der Waals surface area contributed by atoms with Crippen LogP contribution in [0.1, 0.15) is 35.4 Å². The van der Waals surface area contributed by atoms with Crippen LogP contribution in [0.4, 0.5) is 0 Å². The fourth-order valence-electron chi connectivity index (χ4n) is 2.89. The standard InChI is InChI=1S/C15H20N2OS2/c1-16-7-5-11-4-2-3-8-17(11)15(18)14-10-13-12(20-14)6-9-19-13/h6,9-11,16H,2-5,7-8H2,1H3. The smallest absolute Gasteiger partial charge is 0.264 e. The van der Waals surface area contributed by atoms with Gasteiger partial charge in [0.2, 0.25) is 0 Å². The Balaban J connectivity index is 1.78. The molecule has 2 aromatic heterocycles. The molecule has 3 heterocycles. The molecule has 0 spiro atoms. The number of likely N-dealkylation sites (tertiary alicyclic amines) is 1. The van der Waals surface area contributed by atoms with E-state index < -0.39 is 0 Å². The summed E-state index contributed by atoms with van der Waals surface area (Å²) in [5, 5.41) is 5.29. The molecular weight excluding hydrogens is 288 g/mol. The molecule has 2 aromatic rings. The van der Waals surface area contributed by atoms with Crippen LogP contribution >= 0.6 is 22.7 Å². The van der Waals surface area contributed by atoms with Gasteiger partial charge in [-0.2, -0.15) is 0 Å². The summed E-state index contributed by atoms with van der Waals surface area (Å²) < 4.78 is 2.48. The van der Waals surface area contributed by atoms with Crippen LogP contribution in [0.15, 0.2) is 17.5 Å². The molecule has 1 aliphatic rings. The Bertz CT molecular complexity index is 561. The first kappa shape index (κ1) is 14.0. The molecule has 1 N–H and O–H groups in total. The van der Waals surface area contributed by atoms with E-state index in [-0.39, 0.29) is 5.91 Å². The van der Waals surface area contributed by atoms with Crippen molar-refractivity contribution in [1.29, 1.82) is 0 Å². The summed E-state index contributed by atoms with van der Waals surface area (Å²) in [7, 11) is 1.97. The van der Waals surface area contributed by atoms with E-state index in [1.54, 1.807) is 22.7 Å². The number of thiophene rings is 2. The van der Waals surface area contributed by atoms with Gasteiger partial charge in [0.25, 0.3) is 5.91 Å². The van der Waals surface area contributed by atoms with E-state index in [2.05, 4.69) is 27.7 Å². The summed E-state index contributed by atoms with van der Waals surface area (Å²) in [6.07, 6.45) is 4.59. The van der Waals surface area contributed by atoms with E-state index in [1.165, 1.54) is 15.8 Å². The minimum atomic E-state index is 0.235. The van der Waals surface area contributed by atoms with Crippen molar-refractivity contribution >= 4 is 38.0 Å². The van der Waals surface area contributed by atoms with Crippen molar-refractivity contribution in [2.75, 3.05) is 20.1 Å². The fraction of sp³-hybridized carbons (Fsp3) is 0.533. The van der Waals surface area contributed by atoms with Crippen molar-refractivity contribution in [3.63, 3.8) is 0 Å². The fourth-order valence-corrected chi connectivity index (χ4v) is 4.96. The first-order valence-electron chi connectivity index (χ1n) is 7.22. The lowest BCUT2D eigenvalue weighted by Gasteiger charge is -2.35. The molecule has 1 saturated heterocycles. The lowest BCUT2D eigenvalue weighted by Crippen LogP contribution is -2.44. The maximum Gasteiger partial charge on any atom is 0.264 e. The predicted octanol–water partition coefficient (Wildman–Crippen LogP) is 3.57. The molecule has 0 bridgehead atoms. The number of rotatable bonds is 4. The first-order valence-corrected chi connectivity index (χ1v) is 8.92. The molecule has 0 aromatic carbocycles. The van der Waals surface area contributed by atoms with Gasteiger partial charge in [-0.1, -0.05) is 0 Å². The molecule has 1 amide bonds. The highest BCUT2D eigenvalue weighted by atomic mass is 32.1. The van der Waals surface area contributed by atoms with Crippen LogP contribution in [0.5, 0.6) is 0 Å². The Morgan fingerprint density at radius 1 is 1.45 bits per heavy atom. The molecular formula is C15H20N2OS2. The summed E-state index contributed by atoms with van der Waals surface area (Å²) >= 11 is 3.35. The zero-order chi connectivity index (χ0) is 13.9. The third kappa shape index (κ3) is 2.75. The Morgan fingerprint density at radius 3 is 3.15 bits per heavy atom. The lowest BCUT2D eigenvalue weighted by atomic mass is 9.99. The number of hydrogen-bond donors (Lipinski definition) is 1. The van der Waals surface area contributed by atoms with Crippen molar-refractivity contribution < 1.29 is 4.79 Å². The third-order valence-corrected chi connectivity index (χ3v) is 6.05. The second-order valence-corrected chi connectivity index (χ2v) is 7.33. The number of hydrogen-bond acceptors (Lipinski definition) is 4. The molecule has 1 aliphatic heterocycles. The number of nitrogens with one attached hydrogen (secondary N) is 1. The van der Waals surface area contributed by atoms with Gasteiger partial charge in [-0.05, 0) is 56.8 Å². The average Bonchev–Trinajstić information content (AvgIpc) is 3.06. The maximum absolute atomic E-state index is 12.8. The summed E-state index contributed by atoms with van der Waals surface area (Å²) in [6.45, 7) is 1.90. The maximum atomic E-state index is 12.8. The van der Waals surface area contributed by atoms with Crippen molar-refractivity contribution in [1.82, 2.24) is 10.2 Å². The van der Waals surface area contributed by atoms with E-state index in [9.17, 15) is 4.79 Å². The second-order valence-electron chi connectivity index (χ2n) is 5.30. The number of carbonyl (C=O) groups excluding carboxylic acids is 1. The zero-order valence-electron chi connectivity index (χ0n) is 11.7. The third-order valence-electron chi connectivity index (χ3n) is 3.97. The summed E-state index contributed by atoms with van der Waals surface area (Å²) in [5.41, 5.74) is 0. The monoisotopic (exact) mass is 308 g/mol. The highest BCUT2D eigenvalue weighted by molar-refractivity contribution is 7.27. The quantitative estimate of drug-likeness (QED) is 0.936. The minimum Gasteiger partial charge on any atom is -0.335 e. The van der Waals surface area contributed by atoms with Gasteiger partial charge >= 0.3 is 0 Å². The summed E-state index contributed by atoms with van der Waals surface area (Å²) in [6, 6.07) is 4.58. The molecule has 5 heteroatoms. The molecule has 20 heavy (non-hydrogen) atoms. The van der Waals surface area contributed by atoms with E-state index >= 15 is 0 Å². The van der Waals surface area contributed by atoms with Crippen LogP contribution in [-0.4, -0.2) is 37.0 Å². The van der Waals surface area contributed by atoms with Gasteiger partial charge in [0.05, 0.1) is 4.88 Å². The zero-order valence-corrected chi connectivity index (χ0v) is 13.4. The number of fused-ring (bicyclic) bond motifs is 1. The van der Waals surface area contributed by atoms with Crippen LogP contribution in [0.25, 0.3) is 9.40 Å². The second kappa shape index (κ2) is 6.24. The lowest BCUT2D eigenvalue weighted by molar-refractivity contribution is 0.0607. The molecule has 108 valence electrons. The average molecular weight is 308 g/mol. The first-order chi connectivity index (χ1) is 9.79. The Morgan fingerprint density at radius 2 is 2.35 bits per heavy atom. The van der Waals surface area contributed by atoms with E-state index in [4.69, 9.17) is 0 Å². The van der Waals surface area contributed by atoms with E-state index in [1.807, 2.05) is 7.05 Å². The highest BCUT2D eigenvalue weighted by Gasteiger charge is 2.28. The van der Waals surface area contributed by atoms with Crippen LogP contribution in [0.2, 0.25) is 0 Å². The number of nitrogens with zero attached hydrogens (tertiary/aromatic N) is 1. The van der Waals surface area contributed by atoms with Crippen LogP contribution in [-0.2, 0) is 0 Å². The highest BCUT2D eigenvalue weighted by Crippen LogP contribution is 2.32. The van der Waals surface area contributed by atoms with Gasteiger partial charge in [0.15, 0.2) is 0 Å². The van der Waals surface area contributed by atoms with Gasteiger partial charge in [-0.15, -0.1) is 22.7 Å². The number of carbonyl (C=O) groups is 1.